The van der Waals surface area contributed by atoms with Crippen LogP contribution in [0, 0.1) is 0 Å². The summed E-state index contributed by atoms with van der Waals surface area (Å²) in [4.78, 5) is 29.3. The number of fused-ring (bicyclic) bond motifs is 7. The Morgan fingerprint density at radius 3 is 2.66 bits per heavy atom. The van der Waals surface area contributed by atoms with Gasteiger partial charge in [-0.05, 0) is 61.2 Å². The SMILES string of the molecule is O=C1CC2(C1)c1ccc(C3CCNCC3)cc1-n1c2nc(=O)c2cccc(Cl)c21. The predicted molar refractivity (Wildman–Crippen MR) is 112 cm³/mol. The highest BCUT2D eigenvalue weighted by atomic mass is 35.5. The van der Waals surface area contributed by atoms with Crippen LogP contribution >= 0.6 is 11.6 Å². The van der Waals surface area contributed by atoms with Crippen molar-refractivity contribution in [1.29, 1.82) is 0 Å². The lowest BCUT2D eigenvalue weighted by Gasteiger charge is -2.36. The number of halogens is 1. The first-order valence-electron chi connectivity index (χ1n) is 10.2. The van der Waals surface area contributed by atoms with Gasteiger partial charge in [-0.25, -0.2) is 0 Å². The zero-order chi connectivity index (χ0) is 19.8. The highest BCUT2D eigenvalue weighted by Crippen LogP contribution is 2.54. The van der Waals surface area contributed by atoms with E-state index in [1.165, 1.54) is 5.56 Å². The first-order chi connectivity index (χ1) is 14.1. The Labute approximate surface area is 172 Å². The number of piperidine rings is 1. The van der Waals surface area contributed by atoms with Gasteiger partial charge in [0.05, 0.1) is 27.0 Å². The zero-order valence-corrected chi connectivity index (χ0v) is 16.6. The number of nitrogens with one attached hydrogen (secondary N) is 1. The molecule has 5 nitrogen and oxygen atoms in total. The Bertz CT molecular complexity index is 1250. The molecule has 6 rings (SSSR count). The maximum absolute atomic E-state index is 12.8. The minimum atomic E-state index is -0.494. The molecule has 3 aliphatic rings. The van der Waals surface area contributed by atoms with E-state index in [1.807, 2.05) is 10.6 Å². The molecule has 1 spiro atoms. The number of para-hydroxylation sites is 1. The third-order valence-electron chi connectivity index (χ3n) is 6.87. The van der Waals surface area contributed by atoms with E-state index in [2.05, 4.69) is 28.5 Å². The number of aromatic nitrogens is 2. The van der Waals surface area contributed by atoms with Crippen molar-refractivity contribution in [2.45, 2.75) is 37.0 Å². The number of hydrogen-bond acceptors (Lipinski definition) is 4. The van der Waals surface area contributed by atoms with Crippen LogP contribution in [0.15, 0.2) is 41.2 Å². The molecule has 1 aromatic heterocycles. The first-order valence-corrected chi connectivity index (χ1v) is 10.6. The third kappa shape index (κ3) is 2.29. The van der Waals surface area contributed by atoms with Crippen molar-refractivity contribution in [3.05, 3.63) is 68.7 Å². The Kier molecular flexibility index (Phi) is 3.59. The van der Waals surface area contributed by atoms with Gasteiger partial charge in [0, 0.05) is 12.8 Å². The second-order valence-corrected chi connectivity index (χ2v) is 8.89. The molecule has 0 radical (unpaired) electrons. The van der Waals surface area contributed by atoms with Crippen LogP contribution in [0.2, 0.25) is 5.02 Å². The van der Waals surface area contributed by atoms with E-state index in [1.54, 1.807) is 12.1 Å². The summed E-state index contributed by atoms with van der Waals surface area (Å²) in [7, 11) is 0. The van der Waals surface area contributed by atoms with Crippen LogP contribution in [0.25, 0.3) is 16.6 Å². The molecule has 3 aromatic rings. The summed E-state index contributed by atoms with van der Waals surface area (Å²) < 4.78 is 2.05. The monoisotopic (exact) mass is 405 g/mol. The fourth-order valence-corrected chi connectivity index (χ4v) is 5.68. The molecular weight excluding hydrogens is 386 g/mol. The first kappa shape index (κ1) is 17.4. The highest BCUT2D eigenvalue weighted by molar-refractivity contribution is 6.35. The quantitative estimate of drug-likeness (QED) is 0.673. The summed E-state index contributed by atoms with van der Waals surface area (Å²) in [6.45, 7) is 2.06. The number of hydrogen-bond donors (Lipinski definition) is 1. The van der Waals surface area contributed by atoms with E-state index in [-0.39, 0.29) is 11.3 Å². The smallest absolute Gasteiger partial charge is 0.280 e. The van der Waals surface area contributed by atoms with Gasteiger partial charge in [0.1, 0.15) is 11.6 Å². The summed E-state index contributed by atoms with van der Waals surface area (Å²) in [5.74, 6) is 1.39. The molecule has 1 aliphatic carbocycles. The number of carbonyl (C=O) groups excluding carboxylic acids is 1. The largest absolute Gasteiger partial charge is 0.317 e. The Balaban J connectivity index is 1.66. The van der Waals surface area contributed by atoms with E-state index in [0.29, 0.717) is 40.5 Å². The number of ketones is 1. The lowest BCUT2D eigenvalue weighted by molar-refractivity contribution is -0.127. The van der Waals surface area contributed by atoms with Crippen molar-refractivity contribution in [3.8, 4) is 5.69 Å². The number of benzene rings is 2. The fraction of sp³-hybridized carbons (Fsp3) is 0.348. The van der Waals surface area contributed by atoms with Gasteiger partial charge in [-0.3, -0.25) is 14.2 Å². The molecule has 0 bridgehead atoms. The molecule has 1 N–H and O–H groups in total. The lowest BCUT2D eigenvalue weighted by Crippen LogP contribution is -2.43. The maximum Gasteiger partial charge on any atom is 0.280 e. The summed E-state index contributed by atoms with van der Waals surface area (Å²) in [6.07, 6.45) is 3.02. The van der Waals surface area contributed by atoms with Crippen molar-refractivity contribution in [1.82, 2.24) is 14.9 Å². The van der Waals surface area contributed by atoms with E-state index >= 15 is 0 Å². The zero-order valence-electron chi connectivity index (χ0n) is 15.9. The normalized spacial score (nSPS) is 20.0. The van der Waals surface area contributed by atoms with Crippen LogP contribution in [0.4, 0.5) is 0 Å². The molecule has 2 aromatic carbocycles. The van der Waals surface area contributed by atoms with Gasteiger partial charge in [-0.1, -0.05) is 29.8 Å². The van der Waals surface area contributed by atoms with Crippen LogP contribution in [0.3, 0.4) is 0 Å². The summed E-state index contributed by atoms with van der Waals surface area (Å²) in [6, 6.07) is 12.0. The molecule has 29 heavy (non-hydrogen) atoms. The van der Waals surface area contributed by atoms with E-state index < -0.39 is 5.41 Å². The summed E-state index contributed by atoms with van der Waals surface area (Å²) >= 11 is 6.59. The van der Waals surface area contributed by atoms with Gasteiger partial charge in [0.25, 0.3) is 5.56 Å². The fourth-order valence-electron chi connectivity index (χ4n) is 5.42. The van der Waals surface area contributed by atoms with Crippen LogP contribution in [0.5, 0.6) is 0 Å². The lowest BCUT2D eigenvalue weighted by atomic mass is 9.64. The maximum atomic E-state index is 12.8. The number of nitrogens with zero attached hydrogens (tertiary/aromatic N) is 2. The van der Waals surface area contributed by atoms with Gasteiger partial charge < -0.3 is 5.32 Å². The average Bonchev–Trinajstić information content (AvgIpc) is 2.99. The van der Waals surface area contributed by atoms with Crippen LogP contribution in [0.1, 0.15) is 48.6 Å². The molecule has 146 valence electrons. The minimum absolute atomic E-state index is 0.209. The number of Topliss-reactive ketones (excluding diaryl/α,β-unsaturated/α-hetero) is 1. The molecule has 3 heterocycles. The van der Waals surface area contributed by atoms with Gasteiger partial charge in [0.15, 0.2) is 0 Å². The summed E-state index contributed by atoms with van der Waals surface area (Å²) in [5.41, 5.74) is 3.34. The molecule has 0 atom stereocenters. The standard InChI is InChI=1S/C23H20ClN3O2/c24-18-3-1-2-16-20(18)27-19-10-14(13-6-8-25-9-7-13)4-5-17(19)23(11-15(28)12-23)22(27)26-21(16)29/h1-5,10,13,25H,6-9,11-12H2. The van der Waals surface area contributed by atoms with Crippen LogP contribution < -0.4 is 10.9 Å². The number of rotatable bonds is 1. The van der Waals surface area contributed by atoms with Gasteiger partial charge in [-0.2, -0.15) is 4.98 Å². The average molecular weight is 406 g/mol. The van der Waals surface area contributed by atoms with E-state index in [9.17, 15) is 9.59 Å². The minimum Gasteiger partial charge on any atom is -0.317 e. The Hall–Kier alpha value is -2.50. The molecule has 2 aliphatic heterocycles. The van der Waals surface area contributed by atoms with Crippen molar-refractivity contribution in [3.63, 3.8) is 0 Å². The topological polar surface area (TPSA) is 64.0 Å². The second-order valence-electron chi connectivity index (χ2n) is 8.49. The summed E-state index contributed by atoms with van der Waals surface area (Å²) in [5, 5.41) is 4.47. The van der Waals surface area contributed by atoms with Crippen molar-refractivity contribution >= 4 is 28.3 Å². The highest BCUT2D eigenvalue weighted by Gasteiger charge is 2.54. The molecule has 2 fully saturated rings. The molecule has 0 amide bonds. The Morgan fingerprint density at radius 2 is 1.90 bits per heavy atom. The van der Waals surface area contributed by atoms with E-state index in [0.717, 1.165) is 37.2 Å². The van der Waals surface area contributed by atoms with E-state index in [4.69, 9.17) is 11.6 Å². The molecule has 1 saturated heterocycles. The molecule has 1 saturated carbocycles. The van der Waals surface area contributed by atoms with Gasteiger partial charge in [0.2, 0.25) is 0 Å². The van der Waals surface area contributed by atoms with Crippen molar-refractivity contribution in [2.24, 2.45) is 0 Å². The van der Waals surface area contributed by atoms with Gasteiger partial charge in [-0.15, -0.1) is 0 Å². The predicted octanol–water partition coefficient (Wildman–Crippen LogP) is 3.47. The second kappa shape index (κ2) is 6.00. The Morgan fingerprint density at radius 1 is 1.10 bits per heavy atom. The van der Waals surface area contributed by atoms with Crippen LogP contribution in [-0.2, 0) is 10.2 Å². The number of carbonyl (C=O) groups is 1. The third-order valence-corrected chi connectivity index (χ3v) is 7.18. The molecule has 0 unspecified atom stereocenters. The molecule has 6 heteroatoms. The van der Waals surface area contributed by atoms with Crippen molar-refractivity contribution in [2.75, 3.05) is 13.1 Å². The molecular formula is C23H20ClN3O2. The van der Waals surface area contributed by atoms with Gasteiger partial charge >= 0.3 is 0 Å². The van der Waals surface area contributed by atoms with Crippen molar-refractivity contribution < 1.29 is 4.79 Å². The van der Waals surface area contributed by atoms with Crippen LogP contribution in [-0.4, -0.2) is 28.4 Å².